The van der Waals surface area contributed by atoms with Crippen molar-refractivity contribution in [2.45, 2.75) is 50.0 Å². The third kappa shape index (κ3) is 3.71. The molecule has 2 aromatic carbocycles. The molecule has 5 aromatic rings. The molecule has 3 aromatic heterocycles. The van der Waals surface area contributed by atoms with Crippen molar-refractivity contribution in [3.05, 3.63) is 70.1 Å². The number of aryl methyl sites for hydroxylation is 1. The Morgan fingerprint density at radius 1 is 1.14 bits per heavy atom. The van der Waals surface area contributed by atoms with Gasteiger partial charge in [0.15, 0.2) is 5.43 Å². The molecule has 0 unspecified atom stereocenters. The van der Waals surface area contributed by atoms with Crippen LogP contribution in [0, 0.1) is 11.3 Å². The van der Waals surface area contributed by atoms with Crippen LogP contribution in [0.4, 0.5) is 3.89 Å². The Hall–Kier alpha value is -4.03. The minimum atomic E-state index is -4.92. The van der Waals surface area contributed by atoms with Gasteiger partial charge in [-0.1, -0.05) is 25.8 Å². The molecule has 1 fully saturated rings. The molecule has 1 aliphatic rings. The summed E-state index contributed by atoms with van der Waals surface area (Å²) < 4.78 is 39.1. The number of nitriles is 1. The summed E-state index contributed by atoms with van der Waals surface area (Å²) in [5.41, 5.74) is 4.60. The van der Waals surface area contributed by atoms with Crippen molar-refractivity contribution in [3.63, 3.8) is 0 Å². The standard InChI is InChI=1S/C28H23FN4O3S/c1-2-17-11-23-25(12-22(17)18-10-20(15-31-14-18)37(29,35)36)33(19-5-3-4-6-19)28-26(27(23)34)21-8-7-16(13-30)9-24(21)32-28/h7-12,14-15,19,32H,2-6H2,1H3. The summed E-state index contributed by atoms with van der Waals surface area (Å²) in [6, 6.07) is 12.7. The quantitative estimate of drug-likeness (QED) is 0.300. The van der Waals surface area contributed by atoms with Crippen molar-refractivity contribution in [3.8, 4) is 17.2 Å². The van der Waals surface area contributed by atoms with Crippen LogP contribution in [-0.4, -0.2) is 23.0 Å². The number of H-pyrrole nitrogens is 1. The molecule has 0 saturated heterocycles. The first-order valence-corrected chi connectivity index (χ1v) is 13.6. The number of fused-ring (bicyclic) bond motifs is 4. The lowest BCUT2D eigenvalue weighted by Gasteiger charge is -2.21. The largest absolute Gasteiger partial charge is 0.340 e. The van der Waals surface area contributed by atoms with Gasteiger partial charge in [-0.15, -0.1) is 3.89 Å². The molecule has 6 rings (SSSR count). The molecule has 7 nitrogen and oxygen atoms in total. The fourth-order valence-corrected chi connectivity index (χ4v) is 6.19. The topological polar surface area (TPSA) is 109 Å². The third-order valence-corrected chi connectivity index (χ3v) is 8.26. The van der Waals surface area contributed by atoms with E-state index in [1.165, 1.54) is 12.3 Å². The highest BCUT2D eigenvalue weighted by Crippen LogP contribution is 2.38. The molecule has 0 bridgehead atoms. The molecule has 0 spiro atoms. The van der Waals surface area contributed by atoms with E-state index in [9.17, 15) is 22.4 Å². The summed E-state index contributed by atoms with van der Waals surface area (Å²) in [5, 5.41) is 11.3. The summed E-state index contributed by atoms with van der Waals surface area (Å²) in [5.74, 6) is 0. The average molecular weight is 515 g/mol. The second kappa shape index (κ2) is 8.53. The van der Waals surface area contributed by atoms with Gasteiger partial charge >= 0.3 is 10.2 Å². The van der Waals surface area contributed by atoms with Gasteiger partial charge in [0, 0.05) is 40.3 Å². The summed E-state index contributed by atoms with van der Waals surface area (Å²) in [7, 11) is -4.92. The van der Waals surface area contributed by atoms with Crippen LogP contribution in [-0.2, 0) is 16.6 Å². The number of aromatic amines is 1. The van der Waals surface area contributed by atoms with Crippen LogP contribution in [0.1, 0.15) is 49.8 Å². The predicted molar refractivity (Wildman–Crippen MR) is 141 cm³/mol. The number of halogens is 1. The van der Waals surface area contributed by atoms with Crippen molar-refractivity contribution in [2.24, 2.45) is 0 Å². The Balaban J connectivity index is 1.74. The average Bonchev–Trinajstić information content (AvgIpc) is 3.56. The number of nitrogens with one attached hydrogen (secondary N) is 1. The van der Waals surface area contributed by atoms with Gasteiger partial charge in [0.05, 0.1) is 22.5 Å². The lowest BCUT2D eigenvalue weighted by molar-refractivity contribution is 0.545. The molecule has 0 atom stereocenters. The number of rotatable bonds is 4. The van der Waals surface area contributed by atoms with Crippen LogP contribution in [0.25, 0.3) is 44.0 Å². The van der Waals surface area contributed by atoms with E-state index < -0.39 is 15.1 Å². The molecular formula is C28H23FN4O3S. The van der Waals surface area contributed by atoms with Crippen molar-refractivity contribution < 1.29 is 12.3 Å². The van der Waals surface area contributed by atoms with E-state index >= 15 is 0 Å². The fourth-order valence-electron chi connectivity index (χ4n) is 5.74. The maximum Gasteiger partial charge on any atom is 0.333 e. The second-order valence-electron chi connectivity index (χ2n) is 9.59. The summed E-state index contributed by atoms with van der Waals surface area (Å²) in [4.78, 5) is 20.8. The maximum atomic E-state index is 13.9. The van der Waals surface area contributed by atoms with Crippen molar-refractivity contribution in [1.82, 2.24) is 14.5 Å². The summed E-state index contributed by atoms with van der Waals surface area (Å²) >= 11 is 0. The Morgan fingerprint density at radius 2 is 1.92 bits per heavy atom. The second-order valence-corrected chi connectivity index (χ2v) is 10.9. The molecule has 1 N–H and O–H groups in total. The minimum absolute atomic E-state index is 0.102. The monoisotopic (exact) mass is 514 g/mol. The van der Waals surface area contributed by atoms with Gasteiger partial charge in [-0.2, -0.15) is 13.7 Å². The zero-order valence-electron chi connectivity index (χ0n) is 20.1. The molecule has 3 heterocycles. The van der Waals surface area contributed by atoms with E-state index in [0.29, 0.717) is 39.5 Å². The first kappa shape index (κ1) is 23.4. The number of hydrogen-bond acceptors (Lipinski definition) is 5. The first-order chi connectivity index (χ1) is 17.8. The number of nitrogens with zero attached hydrogens (tertiary/aromatic N) is 3. The van der Waals surface area contributed by atoms with Crippen LogP contribution >= 0.6 is 0 Å². The molecule has 0 amide bonds. The first-order valence-electron chi connectivity index (χ1n) is 12.3. The molecular weight excluding hydrogens is 491 g/mol. The highest BCUT2D eigenvalue weighted by molar-refractivity contribution is 7.86. The van der Waals surface area contributed by atoms with E-state index in [2.05, 4.69) is 20.6 Å². The number of benzene rings is 2. The van der Waals surface area contributed by atoms with Crippen LogP contribution < -0.4 is 5.43 Å². The van der Waals surface area contributed by atoms with Crippen LogP contribution in [0.2, 0.25) is 0 Å². The highest BCUT2D eigenvalue weighted by atomic mass is 32.3. The van der Waals surface area contributed by atoms with Crippen LogP contribution in [0.5, 0.6) is 0 Å². The van der Waals surface area contributed by atoms with E-state index in [0.717, 1.165) is 53.9 Å². The number of pyridine rings is 2. The maximum absolute atomic E-state index is 13.9. The molecule has 9 heteroatoms. The van der Waals surface area contributed by atoms with Crippen molar-refractivity contribution in [2.75, 3.05) is 0 Å². The Labute approximate surface area is 212 Å². The highest BCUT2D eigenvalue weighted by Gasteiger charge is 2.25. The molecule has 0 aliphatic heterocycles. The van der Waals surface area contributed by atoms with Gasteiger partial charge < -0.3 is 9.55 Å². The normalized spacial score (nSPS) is 14.6. The minimum Gasteiger partial charge on any atom is -0.340 e. The van der Waals surface area contributed by atoms with Gasteiger partial charge in [0.25, 0.3) is 0 Å². The Kier molecular flexibility index (Phi) is 5.39. The number of aromatic nitrogens is 3. The van der Waals surface area contributed by atoms with Gasteiger partial charge in [-0.25, -0.2) is 0 Å². The van der Waals surface area contributed by atoms with Gasteiger partial charge in [-0.05, 0) is 60.7 Å². The van der Waals surface area contributed by atoms with Crippen LogP contribution in [0.15, 0.2) is 58.5 Å². The Bertz CT molecular complexity index is 1940. The molecule has 1 aliphatic carbocycles. The molecule has 0 radical (unpaired) electrons. The SMILES string of the molecule is CCc1cc2c(=O)c3c4ccc(C#N)cc4[nH]c3n(C3CCCC3)c2cc1-c1cncc(S(=O)(=O)F)c1. The zero-order valence-corrected chi connectivity index (χ0v) is 20.9. The van der Waals surface area contributed by atoms with Gasteiger partial charge in [0.2, 0.25) is 0 Å². The van der Waals surface area contributed by atoms with Gasteiger partial charge in [-0.3, -0.25) is 9.78 Å². The fraction of sp³-hybridized carbons (Fsp3) is 0.250. The summed E-state index contributed by atoms with van der Waals surface area (Å²) in [6.07, 6.45) is 7.18. The van der Waals surface area contributed by atoms with E-state index in [1.54, 1.807) is 12.1 Å². The van der Waals surface area contributed by atoms with Crippen molar-refractivity contribution >= 4 is 43.1 Å². The lowest BCUT2D eigenvalue weighted by atomic mass is 9.95. The molecule has 186 valence electrons. The smallest absolute Gasteiger partial charge is 0.333 e. The predicted octanol–water partition coefficient (Wildman–Crippen LogP) is 5.91. The van der Waals surface area contributed by atoms with E-state index in [-0.39, 0.29) is 11.5 Å². The number of hydrogen-bond donors (Lipinski definition) is 1. The third-order valence-electron chi connectivity index (χ3n) is 7.48. The van der Waals surface area contributed by atoms with Crippen LogP contribution in [0.3, 0.4) is 0 Å². The van der Waals surface area contributed by atoms with E-state index in [1.807, 2.05) is 25.1 Å². The molecule has 1 saturated carbocycles. The molecule has 37 heavy (non-hydrogen) atoms. The van der Waals surface area contributed by atoms with E-state index in [4.69, 9.17) is 0 Å². The van der Waals surface area contributed by atoms with Crippen molar-refractivity contribution in [1.29, 1.82) is 5.26 Å². The Morgan fingerprint density at radius 3 is 2.62 bits per heavy atom. The summed E-state index contributed by atoms with van der Waals surface area (Å²) in [6.45, 7) is 1.96. The van der Waals surface area contributed by atoms with Gasteiger partial charge in [0.1, 0.15) is 10.5 Å². The lowest BCUT2D eigenvalue weighted by Crippen LogP contribution is -2.15. The zero-order chi connectivity index (χ0) is 25.9.